The number of carbonyl (C=O) groups excluding carboxylic acids is 1. The Kier molecular flexibility index (Phi) is 17.4. The van der Waals surface area contributed by atoms with Crippen LogP contribution in [-0.4, -0.2) is 43.8 Å². The molecule has 4 heteroatoms. The number of nitrogens with zero attached hydrogens (tertiary/aromatic N) is 1. The second-order valence-corrected chi connectivity index (χ2v) is 12.0. The highest BCUT2D eigenvalue weighted by Gasteiger charge is 2.34. The van der Waals surface area contributed by atoms with Gasteiger partial charge in [0.1, 0.15) is 12.3 Å². The minimum absolute atomic E-state index is 0.118. The van der Waals surface area contributed by atoms with Crippen molar-refractivity contribution >= 4 is 5.97 Å². The molecule has 0 aromatic heterocycles. The van der Waals surface area contributed by atoms with Gasteiger partial charge in [-0.1, -0.05) is 127 Å². The highest BCUT2D eigenvalue weighted by atomic mass is 16.5. The number of esters is 1. The van der Waals surface area contributed by atoms with Crippen molar-refractivity contribution in [2.75, 3.05) is 27.3 Å². The smallest absolute Gasteiger partial charge is 0.364 e. The minimum Gasteiger partial charge on any atom is -0.493 e. The second kappa shape index (κ2) is 20.5. The fourth-order valence-corrected chi connectivity index (χ4v) is 5.59. The molecule has 0 saturated carbocycles. The Morgan fingerprint density at radius 2 is 1.30 bits per heavy atom. The highest BCUT2D eigenvalue weighted by molar-refractivity contribution is 5.74. The Labute approximate surface area is 246 Å². The van der Waals surface area contributed by atoms with Crippen molar-refractivity contribution < 1.29 is 18.8 Å². The summed E-state index contributed by atoms with van der Waals surface area (Å²) in [4.78, 5) is 12.9. The normalized spacial score (nSPS) is 12.3. The third-order valence-electron chi connectivity index (χ3n) is 7.95. The average Bonchev–Trinajstić information content (AvgIpc) is 2.94. The summed E-state index contributed by atoms with van der Waals surface area (Å²) in [5.74, 6) is 0.794. The van der Waals surface area contributed by atoms with E-state index in [1.165, 1.54) is 88.2 Å². The third kappa shape index (κ3) is 14.3. The Morgan fingerprint density at radius 3 is 1.93 bits per heavy atom. The van der Waals surface area contributed by atoms with Crippen molar-refractivity contribution in [2.24, 2.45) is 0 Å². The number of hydrogen-bond acceptors (Lipinski definition) is 3. The molecule has 0 aliphatic rings. The number of benzene rings is 2. The molecule has 0 heterocycles. The Morgan fingerprint density at radius 1 is 0.700 bits per heavy atom. The van der Waals surface area contributed by atoms with Crippen LogP contribution in [0.5, 0.6) is 5.75 Å². The summed E-state index contributed by atoms with van der Waals surface area (Å²) >= 11 is 0. The fraction of sp³-hybridized carbons (Fsp3) is 0.639. The maximum absolute atomic E-state index is 12.9. The van der Waals surface area contributed by atoms with E-state index in [0.717, 1.165) is 25.1 Å². The molecular weight excluding hydrogens is 494 g/mol. The summed E-state index contributed by atoms with van der Waals surface area (Å²) in [5.41, 5.74) is 2.58. The quantitative estimate of drug-likeness (QED) is 0.0783. The molecular formula is C36H58NO3+. The minimum atomic E-state index is -0.182. The number of ether oxygens (including phenoxy) is 2. The van der Waals surface area contributed by atoms with Gasteiger partial charge in [0.25, 0.3) is 0 Å². The molecule has 4 nitrogen and oxygen atoms in total. The first-order valence-electron chi connectivity index (χ1n) is 16.2. The van der Waals surface area contributed by atoms with Gasteiger partial charge in [0, 0.05) is 18.4 Å². The Bertz CT molecular complexity index is 911. The fourth-order valence-electron chi connectivity index (χ4n) is 5.59. The molecule has 0 N–H and O–H groups in total. The zero-order valence-electron chi connectivity index (χ0n) is 26.2. The summed E-state index contributed by atoms with van der Waals surface area (Å²) in [5, 5.41) is 0. The predicted octanol–water partition coefficient (Wildman–Crippen LogP) is 9.30. The van der Waals surface area contributed by atoms with Gasteiger partial charge in [-0.3, -0.25) is 0 Å². The van der Waals surface area contributed by atoms with E-state index in [2.05, 4.69) is 58.3 Å². The molecule has 0 radical (unpaired) electrons. The van der Waals surface area contributed by atoms with Crippen LogP contribution in [0, 0.1) is 0 Å². The molecule has 0 aliphatic heterocycles. The van der Waals surface area contributed by atoms with E-state index in [4.69, 9.17) is 9.47 Å². The summed E-state index contributed by atoms with van der Waals surface area (Å²) in [6, 6.07) is 18.6. The standard InChI is InChI=1S/C36H58NO3/c1-5-7-8-9-10-11-12-13-14-15-16-18-23-32-26-21-27-34(30-32)39-28-22-29-40-36(38)35(6-2)37(3,4)31-33-24-19-17-20-25-33/h17,19-21,24-27,30,35H,5-16,18,22-23,28-29,31H2,1-4H3/q+1. The molecule has 224 valence electrons. The van der Waals surface area contributed by atoms with Gasteiger partial charge in [-0.05, 0) is 30.5 Å². The molecule has 0 bridgehead atoms. The monoisotopic (exact) mass is 552 g/mol. The largest absolute Gasteiger partial charge is 0.493 e. The van der Waals surface area contributed by atoms with Crippen molar-refractivity contribution in [1.82, 2.24) is 0 Å². The van der Waals surface area contributed by atoms with E-state index in [1.54, 1.807) is 0 Å². The van der Waals surface area contributed by atoms with Gasteiger partial charge in [0.2, 0.25) is 0 Å². The summed E-state index contributed by atoms with van der Waals surface area (Å²) < 4.78 is 12.2. The zero-order valence-corrected chi connectivity index (χ0v) is 26.2. The lowest BCUT2D eigenvalue weighted by atomic mass is 10.0. The van der Waals surface area contributed by atoms with E-state index < -0.39 is 0 Å². The maximum atomic E-state index is 12.9. The lowest BCUT2D eigenvalue weighted by Crippen LogP contribution is -2.52. The van der Waals surface area contributed by atoms with Crippen LogP contribution < -0.4 is 4.74 Å². The van der Waals surface area contributed by atoms with Crippen LogP contribution in [0.4, 0.5) is 0 Å². The molecule has 2 rings (SSSR count). The summed E-state index contributed by atoms with van der Waals surface area (Å²) in [7, 11) is 4.21. The Balaban J connectivity index is 1.56. The van der Waals surface area contributed by atoms with Crippen molar-refractivity contribution in [3.63, 3.8) is 0 Å². The molecule has 0 saturated heterocycles. The molecule has 40 heavy (non-hydrogen) atoms. The van der Waals surface area contributed by atoms with Crippen LogP contribution in [0.25, 0.3) is 0 Å². The van der Waals surface area contributed by atoms with Crippen molar-refractivity contribution in [3.8, 4) is 5.75 Å². The van der Waals surface area contributed by atoms with Crippen LogP contribution in [0.3, 0.4) is 0 Å². The van der Waals surface area contributed by atoms with Crippen LogP contribution in [-0.2, 0) is 22.5 Å². The summed E-state index contributed by atoms with van der Waals surface area (Å²) in [6.07, 6.45) is 19.1. The van der Waals surface area contributed by atoms with Crippen LogP contribution in [0.1, 0.15) is 115 Å². The molecule has 0 spiro atoms. The lowest BCUT2D eigenvalue weighted by Gasteiger charge is -2.36. The van der Waals surface area contributed by atoms with Gasteiger partial charge in [-0.25, -0.2) is 4.79 Å². The van der Waals surface area contributed by atoms with Gasteiger partial charge in [-0.15, -0.1) is 0 Å². The molecule has 0 amide bonds. The second-order valence-electron chi connectivity index (χ2n) is 12.0. The van der Waals surface area contributed by atoms with Crippen molar-refractivity contribution in [2.45, 2.75) is 123 Å². The SMILES string of the molecule is CCCCCCCCCCCCCCc1cccc(OCCCOC(=O)C(CC)[N+](C)(C)Cc2ccccc2)c1. The van der Waals surface area contributed by atoms with Crippen LogP contribution in [0.15, 0.2) is 54.6 Å². The average molecular weight is 553 g/mol. The maximum Gasteiger partial charge on any atom is 0.364 e. The van der Waals surface area contributed by atoms with Gasteiger partial charge in [-0.2, -0.15) is 0 Å². The zero-order chi connectivity index (χ0) is 28.9. The van der Waals surface area contributed by atoms with Crippen LogP contribution in [0.2, 0.25) is 0 Å². The molecule has 0 fully saturated rings. The van der Waals surface area contributed by atoms with Gasteiger partial charge in [0.05, 0.1) is 27.3 Å². The summed E-state index contributed by atoms with van der Waals surface area (Å²) in [6.45, 7) is 6.08. The number of hydrogen-bond donors (Lipinski definition) is 0. The molecule has 1 unspecified atom stereocenters. The van der Waals surface area contributed by atoms with Gasteiger partial charge in [0.15, 0.2) is 6.04 Å². The van der Waals surface area contributed by atoms with Gasteiger partial charge < -0.3 is 14.0 Å². The van der Waals surface area contributed by atoms with Crippen molar-refractivity contribution in [1.29, 1.82) is 0 Å². The third-order valence-corrected chi connectivity index (χ3v) is 7.95. The first kappa shape index (κ1) is 33.9. The number of aryl methyl sites for hydroxylation is 1. The number of likely N-dealkylation sites (N-methyl/N-ethyl adjacent to an activating group) is 1. The first-order chi connectivity index (χ1) is 19.5. The predicted molar refractivity (Wildman–Crippen MR) is 169 cm³/mol. The number of unbranched alkanes of at least 4 members (excludes halogenated alkanes) is 11. The molecule has 2 aromatic carbocycles. The van der Waals surface area contributed by atoms with E-state index in [1.807, 2.05) is 24.3 Å². The molecule has 1 atom stereocenters. The van der Waals surface area contributed by atoms with Crippen molar-refractivity contribution in [3.05, 3.63) is 65.7 Å². The topological polar surface area (TPSA) is 35.5 Å². The van der Waals surface area contributed by atoms with Crippen LogP contribution >= 0.6 is 0 Å². The van der Waals surface area contributed by atoms with E-state index in [-0.39, 0.29) is 12.0 Å². The van der Waals surface area contributed by atoms with E-state index >= 15 is 0 Å². The highest BCUT2D eigenvalue weighted by Crippen LogP contribution is 2.19. The lowest BCUT2D eigenvalue weighted by molar-refractivity contribution is -0.919. The van der Waals surface area contributed by atoms with Gasteiger partial charge >= 0.3 is 5.97 Å². The number of rotatable bonds is 23. The van der Waals surface area contributed by atoms with E-state index in [9.17, 15) is 4.79 Å². The number of quaternary nitrogens is 1. The number of carbonyl (C=O) groups is 1. The molecule has 2 aromatic rings. The Hall–Kier alpha value is -2.33. The van der Waals surface area contributed by atoms with E-state index in [0.29, 0.717) is 24.1 Å². The molecule has 0 aliphatic carbocycles. The first-order valence-corrected chi connectivity index (χ1v) is 16.2.